The fraction of sp³-hybridized carbons (Fsp3) is 0.381. The highest BCUT2D eigenvalue weighted by molar-refractivity contribution is 7.89. The lowest BCUT2D eigenvalue weighted by Gasteiger charge is -2.32. The molecule has 2 aromatic rings. The molecule has 6 nitrogen and oxygen atoms in total. The lowest BCUT2D eigenvalue weighted by atomic mass is 10.0. The number of methoxy groups -OCH3 is 1. The van der Waals surface area contributed by atoms with Crippen LogP contribution in [0.25, 0.3) is 0 Å². The van der Waals surface area contributed by atoms with Gasteiger partial charge in [-0.3, -0.25) is 4.79 Å². The lowest BCUT2D eigenvalue weighted by Crippen LogP contribution is -2.46. The van der Waals surface area contributed by atoms with Gasteiger partial charge in [-0.25, -0.2) is 13.1 Å². The van der Waals surface area contributed by atoms with E-state index in [-0.39, 0.29) is 16.8 Å². The standard InChI is InChI=1S/C21H26N2O4S/c1-15-4-7-19(8-5-15)28(25,26)22-17-10-12-23(13-11-17)21(24)20-9-6-18(27-3)14-16(20)2/h4-9,14,17,22H,10-13H2,1-3H3. The quantitative estimate of drug-likeness (QED) is 0.834. The minimum absolute atomic E-state index is 0.0278. The van der Waals surface area contributed by atoms with Crippen LogP contribution >= 0.6 is 0 Å². The molecule has 1 N–H and O–H groups in total. The SMILES string of the molecule is COc1ccc(C(=O)N2CCC(NS(=O)(=O)c3ccc(C)cc3)CC2)c(C)c1. The van der Waals surface area contributed by atoms with Crippen molar-refractivity contribution < 1.29 is 17.9 Å². The molecule has 1 aliphatic rings. The number of benzene rings is 2. The van der Waals surface area contributed by atoms with Crippen LogP contribution in [0.5, 0.6) is 5.75 Å². The zero-order valence-electron chi connectivity index (χ0n) is 16.4. The molecule has 1 fully saturated rings. The molecule has 28 heavy (non-hydrogen) atoms. The number of nitrogens with one attached hydrogen (secondary N) is 1. The third kappa shape index (κ3) is 4.54. The molecule has 0 saturated carbocycles. The molecule has 0 unspecified atom stereocenters. The highest BCUT2D eigenvalue weighted by Crippen LogP contribution is 2.21. The topological polar surface area (TPSA) is 75.7 Å². The number of piperidine rings is 1. The van der Waals surface area contributed by atoms with E-state index >= 15 is 0 Å². The van der Waals surface area contributed by atoms with Crippen LogP contribution in [0.2, 0.25) is 0 Å². The van der Waals surface area contributed by atoms with Gasteiger partial charge in [0.15, 0.2) is 0 Å². The summed E-state index contributed by atoms with van der Waals surface area (Å²) in [7, 11) is -1.95. The third-order valence-electron chi connectivity index (χ3n) is 5.10. The maximum Gasteiger partial charge on any atom is 0.254 e. The summed E-state index contributed by atoms with van der Waals surface area (Å²) in [5.74, 6) is 0.693. The first-order valence-corrected chi connectivity index (χ1v) is 10.8. The Kier molecular flexibility index (Phi) is 6.05. The molecule has 1 saturated heterocycles. The summed E-state index contributed by atoms with van der Waals surface area (Å²) in [6.07, 6.45) is 1.18. The van der Waals surface area contributed by atoms with Crippen molar-refractivity contribution in [2.45, 2.75) is 37.6 Å². The van der Waals surface area contributed by atoms with E-state index in [1.807, 2.05) is 19.9 Å². The van der Waals surface area contributed by atoms with Crippen molar-refractivity contribution in [1.82, 2.24) is 9.62 Å². The van der Waals surface area contributed by atoms with Gasteiger partial charge < -0.3 is 9.64 Å². The van der Waals surface area contributed by atoms with Crippen LogP contribution in [0.3, 0.4) is 0 Å². The molecule has 0 atom stereocenters. The van der Waals surface area contributed by atoms with E-state index in [4.69, 9.17) is 4.74 Å². The van der Waals surface area contributed by atoms with Crippen LogP contribution in [0.1, 0.15) is 34.3 Å². The predicted molar refractivity (Wildman–Crippen MR) is 108 cm³/mol. The molecular weight excluding hydrogens is 376 g/mol. The van der Waals surface area contributed by atoms with E-state index < -0.39 is 10.0 Å². The Morgan fingerprint density at radius 3 is 2.29 bits per heavy atom. The number of hydrogen-bond donors (Lipinski definition) is 1. The average molecular weight is 403 g/mol. The zero-order chi connectivity index (χ0) is 20.3. The third-order valence-corrected chi connectivity index (χ3v) is 6.64. The summed E-state index contributed by atoms with van der Waals surface area (Å²) in [5, 5.41) is 0. The number of sulfonamides is 1. The number of nitrogens with zero attached hydrogens (tertiary/aromatic N) is 1. The normalized spacial score (nSPS) is 15.5. The lowest BCUT2D eigenvalue weighted by molar-refractivity contribution is 0.0710. The predicted octanol–water partition coefficient (Wildman–Crippen LogP) is 2.90. The molecule has 1 heterocycles. The smallest absolute Gasteiger partial charge is 0.254 e. The van der Waals surface area contributed by atoms with Crippen molar-refractivity contribution in [3.63, 3.8) is 0 Å². The Morgan fingerprint density at radius 1 is 1.07 bits per heavy atom. The molecule has 1 aliphatic heterocycles. The highest BCUT2D eigenvalue weighted by atomic mass is 32.2. The van der Waals surface area contributed by atoms with Crippen molar-refractivity contribution in [2.24, 2.45) is 0 Å². The van der Waals surface area contributed by atoms with Gasteiger partial charge in [0.25, 0.3) is 5.91 Å². The van der Waals surface area contributed by atoms with Gasteiger partial charge in [0, 0.05) is 24.7 Å². The number of likely N-dealkylation sites (tertiary alicyclic amines) is 1. The Bertz CT molecular complexity index is 947. The van der Waals surface area contributed by atoms with Crippen molar-refractivity contribution in [3.8, 4) is 5.75 Å². The fourth-order valence-corrected chi connectivity index (χ4v) is 4.68. The number of rotatable bonds is 5. The van der Waals surface area contributed by atoms with E-state index in [1.165, 1.54) is 0 Å². The summed E-state index contributed by atoms with van der Waals surface area (Å²) < 4.78 is 33.1. The number of amides is 1. The monoisotopic (exact) mass is 402 g/mol. The second kappa shape index (κ2) is 8.32. The number of carbonyl (C=O) groups is 1. The van der Waals surface area contributed by atoms with E-state index in [0.29, 0.717) is 31.5 Å². The summed E-state index contributed by atoms with van der Waals surface area (Å²) in [4.78, 5) is 14.9. The second-order valence-electron chi connectivity index (χ2n) is 7.18. The molecule has 0 aliphatic carbocycles. The van der Waals surface area contributed by atoms with E-state index in [0.717, 1.165) is 16.9 Å². The minimum Gasteiger partial charge on any atom is -0.497 e. The molecule has 0 aromatic heterocycles. The maximum atomic E-state index is 12.8. The Labute approximate surface area is 166 Å². The second-order valence-corrected chi connectivity index (χ2v) is 8.90. The molecule has 1 amide bonds. The fourth-order valence-electron chi connectivity index (χ4n) is 3.38. The first-order chi connectivity index (χ1) is 13.3. The molecule has 2 aromatic carbocycles. The van der Waals surface area contributed by atoms with Crippen LogP contribution in [-0.4, -0.2) is 45.5 Å². The number of carbonyl (C=O) groups excluding carboxylic acids is 1. The molecule has 3 rings (SSSR count). The zero-order valence-corrected chi connectivity index (χ0v) is 17.3. The molecular formula is C21H26N2O4S. The Hall–Kier alpha value is -2.38. The number of hydrogen-bond acceptors (Lipinski definition) is 4. The Balaban J connectivity index is 1.61. The first kappa shape index (κ1) is 20.4. The van der Waals surface area contributed by atoms with Gasteiger partial charge in [-0.05, 0) is 62.6 Å². The van der Waals surface area contributed by atoms with Crippen LogP contribution < -0.4 is 9.46 Å². The van der Waals surface area contributed by atoms with E-state index in [1.54, 1.807) is 48.4 Å². The molecule has 0 radical (unpaired) electrons. The van der Waals surface area contributed by atoms with Gasteiger partial charge in [0.05, 0.1) is 12.0 Å². The van der Waals surface area contributed by atoms with Crippen LogP contribution in [-0.2, 0) is 10.0 Å². The summed E-state index contributed by atoms with van der Waals surface area (Å²) in [6.45, 7) is 4.84. The van der Waals surface area contributed by atoms with Gasteiger partial charge in [-0.1, -0.05) is 17.7 Å². The molecule has 0 spiro atoms. The summed E-state index contributed by atoms with van der Waals surface area (Å²) in [5.41, 5.74) is 2.53. The van der Waals surface area contributed by atoms with E-state index in [9.17, 15) is 13.2 Å². The summed E-state index contributed by atoms with van der Waals surface area (Å²) >= 11 is 0. The molecule has 150 valence electrons. The van der Waals surface area contributed by atoms with Crippen molar-refractivity contribution >= 4 is 15.9 Å². The Morgan fingerprint density at radius 2 is 1.71 bits per heavy atom. The first-order valence-electron chi connectivity index (χ1n) is 9.33. The van der Waals surface area contributed by atoms with Gasteiger partial charge in [-0.15, -0.1) is 0 Å². The highest BCUT2D eigenvalue weighted by Gasteiger charge is 2.27. The van der Waals surface area contributed by atoms with E-state index in [2.05, 4.69) is 4.72 Å². The van der Waals surface area contributed by atoms with Crippen molar-refractivity contribution in [3.05, 3.63) is 59.2 Å². The van der Waals surface area contributed by atoms with Crippen LogP contribution in [0.4, 0.5) is 0 Å². The molecule has 0 bridgehead atoms. The summed E-state index contributed by atoms with van der Waals surface area (Å²) in [6, 6.07) is 12.0. The van der Waals surface area contributed by atoms with Gasteiger partial charge in [0.1, 0.15) is 5.75 Å². The number of aryl methyl sites for hydroxylation is 2. The van der Waals surface area contributed by atoms with Crippen LogP contribution in [0, 0.1) is 13.8 Å². The van der Waals surface area contributed by atoms with Gasteiger partial charge in [-0.2, -0.15) is 0 Å². The molecule has 7 heteroatoms. The average Bonchev–Trinajstić information content (AvgIpc) is 2.68. The largest absolute Gasteiger partial charge is 0.497 e. The van der Waals surface area contributed by atoms with Crippen LogP contribution in [0.15, 0.2) is 47.4 Å². The number of ether oxygens (including phenoxy) is 1. The minimum atomic E-state index is -3.55. The van der Waals surface area contributed by atoms with Crippen molar-refractivity contribution in [2.75, 3.05) is 20.2 Å². The van der Waals surface area contributed by atoms with Gasteiger partial charge >= 0.3 is 0 Å². The van der Waals surface area contributed by atoms with Crippen molar-refractivity contribution in [1.29, 1.82) is 0 Å². The van der Waals surface area contributed by atoms with Gasteiger partial charge in [0.2, 0.25) is 10.0 Å². The maximum absolute atomic E-state index is 12.8.